The fraction of sp³-hybridized carbons (Fsp3) is 0.286. The third kappa shape index (κ3) is 3.21. The third-order valence-electron chi connectivity index (χ3n) is 6.80. The van der Waals surface area contributed by atoms with E-state index in [9.17, 15) is 4.79 Å². The molecular formula is C28H29N2O2S+. The van der Waals surface area contributed by atoms with Gasteiger partial charge in [-0.05, 0) is 43.9 Å². The van der Waals surface area contributed by atoms with Crippen LogP contribution in [0.1, 0.15) is 39.1 Å². The summed E-state index contributed by atoms with van der Waals surface area (Å²) in [4.78, 5) is 16.7. The fourth-order valence-electron chi connectivity index (χ4n) is 5.10. The number of hydrogen-bond donors (Lipinski definition) is 0. The van der Waals surface area contributed by atoms with Gasteiger partial charge in [0, 0.05) is 45.5 Å². The number of carbonyl (C=O) groups excluding carboxylic acids is 1. The van der Waals surface area contributed by atoms with Crippen LogP contribution < -0.4 is 9.47 Å². The molecule has 0 bridgehead atoms. The molecule has 0 radical (unpaired) electrons. The second-order valence-electron chi connectivity index (χ2n) is 8.90. The van der Waals surface area contributed by atoms with Gasteiger partial charge >= 0.3 is 5.89 Å². The molecule has 1 aliphatic carbocycles. The van der Waals surface area contributed by atoms with Crippen molar-refractivity contribution >= 4 is 40.4 Å². The van der Waals surface area contributed by atoms with Crippen molar-refractivity contribution in [3.8, 4) is 0 Å². The Bertz CT molecular complexity index is 1370. The topological polar surface area (TPSA) is 37.3 Å². The zero-order valence-electron chi connectivity index (χ0n) is 19.8. The molecule has 2 aliphatic rings. The molecule has 0 saturated carbocycles. The van der Waals surface area contributed by atoms with E-state index in [4.69, 9.17) is 4.42 Å². The summed E-state index contributed by atoms with van der Waals surface area (Å²) in [5.41, 5.74) is 6.95. The molecule has 0 spiro atoms. The number of aryl methyl sites for hydroxylation is 1. The Morgan fingerprint density at radius 2 is 1.79 bits per heavy atom. The number of aromatic nitrogens is 1. The van der Waals surface area contributed by atoms with Gasteiger partial charge < -0.3 is 9.32 Å². The highest BCUT2D eigenvalue weighted by molar-refractivity contribution is 8.02. The van der Waals surface area contributed by atoms with Gasteiger partial charge in [-0.1, -0.05) is 44.2 Å². The van der Waals surface area contributed by atoms with Crippen LogP contribution in [0.25, 0.3) is 17.2 Å². The van der Waals surface area contributed by atoms with E-state index >= 15 is 0 Å². The number of Topliss-reactive ketones (excluding diaryl/α,β-unsaturated/α-hetero) is 1. The van der Waals surface area contributed by atoms with E-state index in [1.54, 1.807) is 11.8 Å². The minimum atomic E-state index is -0.160. The van der Waals surface area contributed by atoms with Crippen LogP contribution in [0.5, 0.6) is 0 Å². The number of benzene rings is 2. The number of rotatable bonds is 5. The molecule has 5 rings (SSSR count). The number of para-hydroxylation sites is 3. The Morgan fingerprint density at radius 3 is 2.52 bits per heavy atom. The lowest BCUT2D eigenvalue weighted by Crippen LogP contribution is -2.34. The molecule has 33 heavy (non-hydrogen) atoms. The van der Waals surface area contributed by atoms with Crippen LogP contribution in [0.3, 0.4) is 0 Å². The first-order valence-electron chi connectivity index (χ1n) is 11.5. The zero-order chi connectivity index (χ0) is 23.3. The van der Waals surface area contributed by atoms with E-state index in [0.717, 1.165) is 40.2 Å². The summed E-state index contributed by atoms with van der Waals surface area (Å²) in [6, 6.07) is 16.5. The predicted molar refractivity (Wildman–Crippen MR) is 136 cm³/mol. The van der Waals surface area contributed by atoms with E-state index < -0.39 is 0 Å². The van der Waals surface area contributed by atoms with Crippen molar-refractivity contribution in [2.24, 2.45) is 0 Å². The molecule has 0 atom stereocenters. The van der Waals surface area contributed by atoms with Crippen molar-refractivity contribution < 1.29 is 13.8 Å². The number of likely N-dealkylation sites (N-methyl/N-ethyl adjacent to an activating group) is 1. The second-order valence-corrected chi connectivity index (χ2v) is 9.72. The van der Waals surface area contributed by atoms with Crippen molar-refractivity contribution in [3.63, 3.8) is 0 Å². The highest BCUT2D eigenvalue weighted by atomic mass is 32.2. The molecule has 0 fully saturated rings. The Balaban J connectivity index is 1.60. The van der Waals surface area contributed by atoms with Crippen molar-refractivity contribution in [1.29, 1.82) is 0 Å². The lowest BCUT2D eigenvalue weighted by Gasteiger charge is -2.29. The summed E-state index contributed by atoms with van der Waals surface area (Å²) < 4.78 is 8.21. The molecular weight excluding hydrogens is 428 g/mol. The number of fused-ring (bicyclic) bond motifs is 2. The highest BCUT2D eigenvalue weighted by Crippen LogP contribution is 2.49. The van der Waals surface area contributed by atoms with Gasteiger partial charge in [0.05, 0.1) is 6.08 Å². The van der Waals surface area contributed by atoms with Crippen molar-refractivity contribution in [3.05, 3.63) is 87.8 Å². The van der Waals surface area contributed by atoms with Crippen LogP contribution in [0.15, 0.2) is 80.8 Å². The number of nitrogens with zero attached hydrogens (tertiary/aromatic N) is 2. The van der Waals surface area contributed by atoms with Crippen LogP contribution in [0.4, 0.5) is 5.69 Å². The number of hydrogen-bond acceptors (Lipinski definition) is 4. The smallest absolute Gasteiger partial charge is 0.374 e. The molecule has 2 heterocycles. The van der Waals surface area contributed by atoms with Crippen LogP contribution in [0.2, 0.25) is 0 Å². The van der Waals surface area contributed by atoms with Crippen molar-refractivity contribution in [1.82, 2.24) is 0 Å². The van der Waals surface area contributed by atoms with Crippen LogP contribution in [-0.2, 0) is 16.8 Å². The molecule has 0 saturated heterocycles. The quantitative estimate of drug-likeness (QED) is 0.347. The average Bonchev–Trinajstić information content (AvgIpc) is 3.29. The summed E-state index contributed by atoms with van der Waals surface area (Å²) >= 11 is 1.62. The fourth-order valence-corrected chi connectivity index (χ4v) is 5.85. The van der Waals surface area contributed by atoms with Gasteiger partial charge in [-0.15, -0.1) is 11.8 Å². The summed E-state index contributed by atoms with van der Waals surface area (Å²) in [6.45, 7) is 10.4. The number of allylic oxidation sites excluding steroid dienone is 4. The van der Waals surface area contributed by atoms with Crippen molar-refractivity contribution in [2.75, 3.05) is 17.7 Å². The molecule has 0 unspecified atom stereocenters. The monoisotopic (exact) mass is 457 g/mol. The van der Waals surface area contributed by atoms with E-state index in [1.165, 1.54) is 16.9 Å². The summed E-state index contributed by atoms with van der Waals surface area (Å²) in [6.07, 6.45) is 6.06. The Labute approximate surface area is 199 Å². The SMILES string of the molecule is CCN1C(=CC2=C(SC)C(=Cc3oc4ccccc4[n+]3CC)C2=O)C(C)(C)c2ccccc21. The number of oxazole rings is 1. The Morgan fingerprint density at radius 1 is 1.06 bits per heavy atom. The molecule has 168 valence electrons. The van der Waals surface area contributed by atoms with Gasteiger partial charge in [0.25, 0.3) is 5.52 Å². The van der Waals surface area contributed by atoms with Gasteiger partial charge in [-0.25, -0.2) is 0 Å². The van der Waals surface area contributed by atoms with Gasteiger partial charge in [-0.3, -0.25) is 4.79 Å². The molecule has 1 aliphatic heterocycles. The summed E-state index contributed by atoms with van der Waals surface area (Å²) in [5.74, 6) is 0.793. The minimum absolute atomic E-state index is 0.0813. The van der Waals surface area contributed by atoms with Crippen molar-refractivity contribution in [2.45, 2.75) is 39.7 Å². The molecule has 0 amide bonds. The Kier molecular flexibility index (Phi) is 5.32. The lowest BCUT2D eigenvalue weighted by molar-refractivity contribution is -0.674. The van der Waals surface area contributed by atoms with Gasteiger partial charge in [0.1, 0.15) is 6.54 Å². The standard InChI is InChI=1S/C28H29N2O2S/c1-6-29-21-13-9-8-12-20(21)28(3,4)24(29)16-18-26(31)19(27(18)33-5)17-25-30(7-2)22-14-10-11-15-23(22)32-25/h8-17H,6-7H2,1-5H3/q+1. The number of carbonyl (C=O) groups is 1. The van der Waals surface area contributed by atoms with E-state index in [0.29, 0.717) is 5.89 Å². The third-order valence-corrected chi connectivity index (χ3v) is 7.65. The molecule has 5 heteroatoms. The maximum Gasteiger partial charge on any atom is 0.374 e. The molecule has 2 aromatic carbocycles. The molecule has 0 N–H and O–H groups in total. The van der Waals surface area contributed by atoms with Crippen LogP contribution in [-0.4, -0.2) is 18.6 Å². The number of thioether (sulfide) groups is 1. The zero-order valence-corrected chi connectivity index (χ0v) is 20.6. The van der Waals surface area contributed by atoms with Crippen LogP contribution in [0, 0.1) is 0 Å². The van der Waals surface area contributed by atoms with Gasteiger partial charge in [0.2, 0.25) is 5.58 Å². The normalized spacial score (nSPS) is 19.7. The van der Waals surface area contributed by atoms with E-state index in [2.05, 4.69) is 67.5 Å². The predicted octanol–water partition coefficient (Wildman–Crippen LogP) is 6.03. The first kappa shape index (κ1) is 21.8. The first-order valence-corrected chi connectivity index (χ1v) is 12.7. The first-order chi connectivity index (χ1) is 15.9. The number of anilines is 1. The minimum Gasteiger partial charge on any atom is -0.398 e. The molecule has 3 aromatic rings. The second kappa shape index (κ2) is 8.07. The van der Waals surface area contributed by atoms with Gasteiger partial charge in [-0.2, -0.15) is 4.57 Å². The summed E-state index contributed by atoms with van der Waals surface area (Å²) in [5, 5.41) is 0. The average molecular weight is 458 g/mol. The molecule has 4 nitrogen and oxygen atoms in total. The van der Waals surface area contributed by atoms with Gasteiger partial charge in [0.15, 0.2) is 5.78 Å². The maximum atomic E-state index is 13.4. The number of ketones is 1. The lowest BCUT2D eigenvalue weighted by atomic mass is 9.81. The largest absolute Gasteiger partial charge is 0.398 e. The molecule has 1 aromatic heterocycles. The van der Waals surface area contributed by atoms with Crippen LogP contribution >= 0.6 is 11.8 Å². The maximum absolute atomic E-state index is 13.4. The highest BCUT2D eigenvalue weighted by Gasteiger charge is 2.42. The Hall–Kier alpha value is -3.05. The van der Waals surface area contributed by atoms with E-state index in [1.807, 2.05) is 36.6 Å². The summed E-state index contributed by atoms with van der Waals surface area (Å²) in [7, 11) is 0. The van der Waals surface area contributed by atoms with E-state index in [-0.39, 0.29) is 11.2 Å².